The minimum Gasteiger partial charge on any atom is -0.491 e. The second-order valence-corrected chi connectivity index (χ2v) is 17.0. The number of benzene rings is 6. The molecule has 3 aliphatic heterocycles. The third kappa shape index (κ3) is 7.66. The van der Waals surface area contributed by atoms with E-state index in [0.29, 0.717) is 47.0 Å². The van der Waals surface area contributed by atoms with Crippen molar-refractivity contribution < 1.29 is 29.0 Å². The van der Waals surface area contributed by atoms with Crippen molar-refractivity contribution in [1.82, 2.24) is 25.1 Å². The molecule has 12 heteroatoms. The minimum absolute atomic E-state index is 0.00598. The molecule has 12 nitrogen and oxygen atoms in total. The average molecular weight is 877 g/mol. The number of fused-ring (bicyclic) bond motifs is 4. The van der Waals surface area contributed by atoms with E-state index in [-0.39, 0.29) is 19.8 Å². The van der Waals surface area contributed by atoms with Gasteiger partial charge in [0.1, 0.15) is 35.7 Å². The number of para-hydroxylation sites is 3. The first-order valence-electron chi connectivity index (χ1n) is 22.1. The summed E-state index contributed by atoms with van der Waals surface area (Å²) >= 11 is 0. The molecule has 0 unspecified atom stereocenters. The third-order valence-corrected chi connectivity index (χ3v) is 12.9. The Kier molecular flexibility index (Phi) is 11.7. The molecule has 10 rings (SSSR count). The maximum absolute atomic E-state index is 15.7. The van der Waals surface area contributed by atoms with Gasteiger partial charge >= 0.3 is 5.97 Å². The summed E-state index contributed by atoms with van der Waals surface area (Å²) in [6, 6.07) is 47.0. The van der Waals surface area contributed by atoms with Crippen LogP contribution in [0, 0.1) is 17.8 Å². The van der Waals surface area contributed by atoms with Crippen LogP contribution in [0.5, 0.6) is 5.75 Å². The number of hydrogen-bond donors (Lipinski definition) is 4. The molecule has 330 valence electrons. The van der Waals surface area contributed by atoms with Crippen LogP contribution in [0.15, 0.2) is 158 Å². The van der Waals surface area contributed by atoms with E-state index >= 15 is 14.4 Å². The molecule has 66 heavy (non-hydrogen) atoms. The molecule has 7 aromatic rings. The SMILES string of the molecule is CN(CC#Cc1ccc2c(c1)[C@]1(C(=O)N2)[C@H](C(=O)NCc2nc3ccccc3[nH]2)[C@H]2C(=O)O[C@H](c3ccccc3)[C@H](c3ccccc3)N2[C@@H]1c1ccccc1OCCO)Cc1ccccc1. The summed E-state index contributed by atoms with van der Waals surface area (Å²) in [5.41, 5.74) is 4.74. The van der Waals surface area contributed by atoms with E-state index in [1.165, 1.54) is 5.56 Å². The standard InChI is InChI=1S/C54H48N6O6/c1-59(34-36-16-5-2-6-17-36)29-15-18-35-27-28-41-40(32-35)54(53(64)58-41)46(51(62)55-33-45-56-42-24-12-13-25-43(42)57-45)48-52(63)66-49(38-21-9-4-10-22-38)47(37-19-7-3-8-20-37)60(48)50(54)39-23-11-14-26-44(39)65-31-30-61/h2-14,16-17,19-28,32,46-50,61H,29-31,33-34H2,1H3,(H,55,62)(H,56,57)(H,58,64)/t46-,47-,48-,49+,50+,54-/m0/s1. The number of aromatic nitrogens is 2. The zero-order valence-corrected chi connectivity index (χ0v) is 36.3. The zero-order chi connectivity index (χ0) is 45.2. The molecule has 0 radical (unpaired) electrons. The number of nitrogens with zero attached hydrogens (tertiary/aromatic N) is 3. The van der Waals surface area contributed by atoms with Crippen LogP contribution in [0.25, 0.3) is 11.0 Å². The fourth-order valence-corrected chi connectivity index (χ4v) is 10.2. The van der Waals surface area contributed by atoms with Crippen LogP contribution in [-0.2, 0) is 37.6 Å². The number of aromatic amines is 1. The van der Waals surface area contributed by atoms with Crippen LogP contribution in [0.3, 0.4) is 0 Å². The van der Waals surface area contributed by atoms with Crippen LogP contribution in [-0.4, -0.2) is 75.5 Å². The maximum atomic E-state index is 15.7. The van der Waals surface area contributed by atoms with Gasteiger partial charge in [-0.2, -0.15) is 0 Å². The summed E-state index contributed by atoms with van der Waals surface area (Å²) in [6.45, 7) is 0.893. The Hall–Kier alpha value is -7.56. The van der Waals surface area contributed by atoms with Gasteiger partial charge in [-0.15, -0.1) is 0 Å². The Morgan fingerprint density at radius 3 is 2.32 bits per heavy atom. The first kappa shape index (κ1) is 42.4. The highest BCUT2D eigenvalue weighted by Crippen LogP contribution is 2.65. The molecule has 6 aromatic carbocycles. The Bertz CT molecular complexity index is 2940. The largest absolute Gasteiger partial charge is 0.491 e. The molecule has 0 aliphatic carbocycles. The van der Waals surface area contributed by atoms with Crippen LogP contribution < -0.4 is 15.4 Å². The van der Waals surface area contributed by atoms with Crippen molar-refractivity contribution in [2.45, 2.75) is 42.7 Å². The number of aliphatic hydroxyl groups excluding tert-OH is 1. The number of morpholine rings is 1. The average Bonchev–Trinajstić information content (AvgIpc) is 4.01. The van der Waals surface area contributed by atoms with Gasteiger partial charge in [-0.05, 0) is 65.7 Å². The Morgan fingerprint density at radius 1 is 0.864 bits per heavy atom. The van der Waals surface area contributed by atoms with E-state index in [4.69, 9.17) is 14.5 Å². The Balaban J connectivity index is 1.17. The number of aliphatic hydroxyl groups is 1. The highest BCUT2D eigenvalue weighted by molar-refractivity contribution is 6.12. The second-order valence-electron chi connectivity index (χ2n) is 17.0. The molecule has 3 aliphatic rings. The van der Waals surface area contributed by atoms with E-state index in [0.717, 1.165) is 22.2 Å². The number of ether oxygens (including phenoxy) is 2. The topological polar surface area (TPSA) is 149 Å². The van der Waals surface area contributed by atoms with Gasteiger partial charge in [0.15, 0.2) is 0 Å². The molecule has 2 amide bonds. The minimum atomic E-state index is -1.77. The van der Waals surface area contributed by atoms with Crippen LogP contribution in [0.4, 0.5) is 5.69 Å². The normalized spacial score (nSPS) is 22.0. The van der Waals surface area contributed by atoms with Gasteiger partial charge in [-0.25, -0.2) is 4.98 Å². The monoisotopic (exact) mass is 876 g/mol. The van der Waals surface area contributed by atoms with Crippen molar-refractivity contribution in [1.29, 1.82) is 0 Å². The zero-order valence-electron chi connectivity index (χ0n) is 36.3. The van der Waals surface area contributed by atoms with Gasteiger partial charge in [-0.3, -0.25) is 24.2 Å². The number of cyclic esters (lactones) is 1. The summed E-state index contributed by atoms with van der Waals surface area (Å²) in [5, 5.41) is 16.3. The summed E-state index contributed by atoms with van der Waals surface area (Å²) in [5.74, 6) is 4.59. The van der Waals surface area contributed by atoms with Crippen LogP contribution in [0.2, 0.25) is 0 Å². The van der Waals surface area contributed by atoms with Gasteiger partial charge in [0, 0.05) is 23.4 Å². The van der Waals surface area contributed by atoms with E-state index in [1.807, 2.05) is 151 Å². The van der Waals surface area contributed by atoms with Crippen molar-refractivity contribution >= 4 is 34.5 Å². The van der Waals surface area contributed by atoms with Crippen molar-refractivity contribution in [3.8, 4) is 17.6 Å². The van der Waals surface area contributed by atoms with Crippen molar-refractivity contribution in [2.24, 2.45) is 5.92 Å². The summed E-state index contributed by atoms with van der Waals surface area (Å²) < 4.78 is 12.9. The number of H-pyrrole nitrogens is 1. The molecule has 2 fully saturated rings. The number of rotatable bonds is 12. The lowest BCUT2D eigenvalue weighted by Gasteiger charge is -2.46. The maximum Gasteiger partial charge on any atom is 0.324 e. The summed E-state index contributed by atoms with van der Waals surface area (Å²) in [7, 11) is 2.01. The van der Waals surface area contributed by atoms with Crippen LogP contribution in [0.1, 0.15) is 57.4 Å². The predicted octanol–water partition coefficient (Wildman–Crippen LogP) is 7.00. The third-order valence-electron chi connectivity index (χ3n) is 12.9. The number of hydrogen-bond acceptors (Lipinski definition) is 9. The summed E-state index contributed by atoms with van der Waals surface area (Å²) in [6.07, 6.45) is -0.839. The molecule has 6 atom stereocenters. The number of carbonyl (C=O) groups is 3. The highest BCUT2D eigenvalue weighted by atomic mass is 16.6. The molecule has 1 spiro atoms. The van der Waals surface area contributed by atoms with Crippen LogP contribution >= 0.6 is 0 Å². The van der Waals surface area contributed by atoms with Crippen molar-refractivity contribution in [3.63, 3.8) is 0 Å². The van der Waals surface area contributed by atoms with E-state index < -0.39 is 53.3 Å². The van der Waals surface area contributed by atoms with Gasteiger partial charge < -0.3 is 30.2 Å². The van der Waals surface area contributed by atoms with E-state index in [9.17, 15) is 5.11 Å². The first-order valence-corrected chi connectivity index (χ1v) is 22.1. The molecular weight excluding hydrogens is 829 g/mol. The lowest BCUT2D eigenvalue weighted by molar-refractivity contribution is -0.178. The smallest absolute Gasteiger partial charge is 0.324 e. The predicted molar refractivity (Wildman–Crippen MR) is 250 cm³/mol. The van der Waals surface area contributed by atoms with E-state index in [2.05, 4.69) is 44.5 Å². The van der Waals surface area contributed by atoms with Gasteiger partial charge in [0.05, 0.1) is 48.7 Å². The lowest BCUT2D eigenvalue weighted by Crippen LogP contribution is -2.54. The fourth-order valence-electron chi connectivity index (χ4n) is 10.2. The summed E-state index contributed by atoms with van der Waals surface area (Å²) in [4.78, 5) is 58.7. The lowest BCUT2D eigenvalue weighted by atomic mass is 9.65. The quantitative estimate of drug-likeness (QED) is 0.0752. The highest BCUT2D eigenvalue weighted by Gasteiger charge is 2.74. The Morgan fingerprint density at radius 2 is 1.56 bits per heavy atom. The van der Waals surface area contributed by atoms with Gasteiger partial charge in [0.2, 0.25) is 11.8 Å². The number of carbonyl (C=O) groups excluding carboxylic acids is 3. The number of amides is 2. The van der Waals surface area contributed by atoms with Crippen molar-refractivity contribution in [3.05, 3.63) is 197 Å². The molecule has 1 aromatic heterocycles. The Labute approximate surface area is 382 Å². The number of imidazole rings is 1. The van der Waals surface area contributed by atoms with E-state index in [1.54, 1.807) is 6.07 Å². The van der Waals surface area contributed by atoms with Gasteiger partial charge in [0.25, 0.3) is 0 Å². The number of esters is 1. The number of nitrogens with one attached hydrogen (secondary N) is 3. The molecule has 0 bridgehead atoms. The first-order chi connectivity index (χ1) is 32.3. The second kappa shape index (κ2) is 18.1. The molecule has 0 saturated carbocycles. The van der Waals surface area contributed by atoms with Gasteiger partial charge in [-0.1, -0.05) is 133 Å². The molecule has 4 heterocycles. The molecule has 4 N–H and O–H groups in total. The molecule has 2 saturated heterocycles. The number of anilines is 1. The molecular formula is C54H48N6O6. The fraction of sp³-hybridized carbons (Fsp3) is 0.222. The van der Waals surface area contributed by atoms with Crippen molar-refractivity contribution in [2.75, 3.05) is 32.1 Å².